The van der Waals surface area contributed by atoms with Crippen molar-refractivity contribution in [2.24, 2.45) is 17.6 Å². The first-order valence-corrected chi connectivity index (χ1v) is 11.4. The van der Waals surface area contributed by atoms with Crippen LogP contribution in [0.1, 0.15) is 67.9 Å². The van der Waals surface area contributed by atoms with Gasteiger partial charge >= 0.3 is 5.97 Å². The van der Waals surface area contributed by atoms with Gasteiger partial charge in [0, 0.05) is 0 Å². The van der Waals surface area contributed by atoms with Gasteiger partial charge in [-0.05, 0) is 42.5 Å². The van der Waals surface area contributed by atoms with Gasteiger partial charge in [-0.2, -0.15) is 0 Å². The number of carbonyl (C=O) groups is 4. The minimum absolute atomic E-state index is 0.322. The lowest BCUT2D eigenvalue weighted by molar-refractivity contribution is -0.149. The Balaban J connectivity index is 1.94. The molecule has 1 aliphatic carbocycles. The number of amides is 3. The van der Waals surface area contributed by atoms with Crippen LogP contribution in [0.25, 0.3) is 10.8 Å². The van der Waals surface area contributed by atoms with Crippen molar-refractivity contribution in [2.45, 2.75) is 58.0 Å². The van der Waals surface area contributed by atoms with E-state index in [0.717, 1.165) is 18.2 Å². The van der Waals surface area contributed by atoms with Gasteiger partial charge in [-0.3, -0.25) is 19.2 Å². The SMILES string of the molecule is CC[C@H](NC(=O)c1c([C@H](C)NC(=O)[C@@H]2CCCC[C@H]2C(=O)O)ccc2ccccc12)C(N)=O. The molecule has 4 atom stereocenters. The zero-order valence-corrected chi connectivity index (χ0v) is 19.0. The van der Waals surface area contributed by atoms with E-state index in [1.807, 2.05) is 30.3 Å². The number of fused-ring (bicyclic) bond motifs is 1. The minimum Gasteiger partial charge on any atom is -0.481 e. The molecule has 2 aromatic carbocycles. The zero-order chi connectivity index (χ0) is 24.1. The number of hydrogen-bond acceptors (Lipinski definition) is 4. The molecule has 1 aliphatic rings. The third-order valence-electron chi connectivity index (χ3n) is 6.49. The summed E-state index contributed by atoms with van der Waals surface area (Å²) in [6.07, 6.45) is 2.97. The lowest BCUT2D eigenvalue weighted by Crippen LogP contribution is -2.44. The fraction of sp³-hybridized carbons (Fsp3) is 0.440. The van der Waals surface area contributed by atoms with Gasteiger partial charge in [0.05, 0.1) is 23.4 Å². The third kappa shape index (κ3) is 5.32. The summed E-state index contributed by atoms with van der Waals surface area (Å²) in [5.41, 5.74) is 6.36. The second-order valence-corrected chi connectivity index (χ2v) is 8.65. The highest BCUT2D eigenvalue weighted by molar-refractivity contribution is 6.09. The van der Waals surface area contributed by atoms with E-state index in [-0.39, 0.29) is 5.91 Å². The maximum atomic E-state index is 13.3. The number of benzene rings is 2. The number of rotatable bonds is 8. The van der Waals surface area contributed by atoms with E-state index in [4.69, 9.17) is 5.73 Å². The van der Waals surface area contributed by atoms with Gasteiger partial charge in [-0.1, -0.05) is 56.2 Å². The summed E-state index contributed by atoms with van der Waals surface area (Å²) in [6, 6.07) is 9.66. The van der Waals surface area contributed by atoms with Crippen molar-refractivity contribution in [3.63, 3.8) is 0 Å². The maximum absolute atomic E-state index is 13.3. The Morgan fingerprint density at radius 1 is 1.03 bits per heavy atom. The average Bonchev–Trinajstić information content (AvgIpc) is 2.81. The van der Waals surface area contributed by atoms with Crippen LogP contribution in [0.3, 0.4) is 0 Å². The van der Waals surface area contributed by atoms with Crippen LogP contribution < -0.4 is 16.4 Å². The molecule has 1 fully saturated rings. The zero-order valence-electron chi connectivity index (χ0n) is 19.0. The van der Waals surface area contributed by atoms with E-state index in [9.17, 15) is 24.3 Å². The Morgan fingerprint density at radius 3 is 2.33 bits per heavy atom. The molecule has 8 nitrogen and oxygen atoms in total. The molecule has 8 heteroatoms. The predicted octanol–water partition coefficient (Wildman–Crippen LogP) is 2.90. The van der Waals surface area contributed by atoms with Crippen molar-refractivity contribution in [2.75, 3.05) is 0 Å². The molecular weight excluding hydrogens is 422 g/mol. The lowest BCUT2D eigenvalue weighted by atomic mass is 9.78. The van der Waals surface area contributed by atoms with E-state index >= 15 is 0 Å². The minimum atomic E-state index is -0.953. The van der Waals surface area contributed by atoms with Gasteiger partial charge in [-0.25, -0.2) is 0 Å². The molecule has 3 rings (SSSR count). The molecule has 1 saturated carbocycles. The van der Waals surface area contributed by atoms with Crippen LogP contribution in [-0.4, -0.2) is 34.8 Å². The largest absolute Gasteiger partial charge is 0.481 e. The van der Waals surface area contributed by atoms with Crippen LogP contribution in [0.15, 0.2) is 36.4 Å². The van der Waals surface area contributed by atoms with Crippen LogP contribution in [-0.2, 0) is 14.4 Å². The van der Waals surface area contributed by atoms with Gasteiger partial charge < -0.3 is 21.5 Å². The first-order valence-electron chi connectivity index (χ1n) is 11.4. The summed E-state index contributed by atoms with van der Waals surface area (Å²) < 4.78 is 0. The Hall–Kier alpha value is -3.42. The molecule has 0 unspecified atom stereocenters. The molecule has 0 aromatic heterocycles. The summed E-state index contributed by atoms with van der Waals surface area (Å²) in [6.45, 7) is 3.52. The highest BCUT2D eigenvalue weighted by atomic mass is 16.4. The van der Waals surface area contributed by atoms with Gasteiger partial charge in [0.1, 0.15) is 6.04 Å². The van der Waals surface area contributed by atoms with Gasteiger partial charge in [0.2, 0.25) is 11.8 Å². The van der Waals surface area contributed by atoms with E-state index in [0.29, 0.717) is 35.8 Å². The molecular formula is C25H31N3O5. The molecule has 0 aliphatic heterocycles. The highest BCUT2D eigenvalue weighted by Gasteiger charge is 2.36. The van der Waals surface area contributed by atoms with Gasteiger partial charge in [-0.15, -0.1) is 0 Å². The molecule has 0 heterocycles. The summed E-state index contributed by atoms with van der Waals surface area (Å²) in [5, 5.41) is 16.7. The van der Waals surface area contributed by atoms with Crippen molar-refractivity contribution in [3.05, 3.63) is 47.5 Å². The van der Waals surface area contributed by atoms with Crippen LogP contribution in [0.5, 0.6) is 0 Å². The Bertz CT molecular complexity index is 1070. The Labute approximate surface area is 192 Å². The van der Waals surface area contributed by atoms with Crippen LogP contribution in [0.2, 0.25) is 0 Å². The van der Waals surface area contributed by atoms with Crippen LogP contribution >= 0.6 is 0 Å². The summed E-state index contributed by atoms with van der Waals surface area (Å²) in [7, 11) is 0. The maximum Gasteiger partial charge on any atom is 0.307 e. The normalized spacial score (nSPS) is 19.9. The van der Waals surface area contributed by atoms with E-state index < -0.39 is 41.7 Å². The van der Waals surface area contributed by atoms with Crippen molar-refractivity contribution >= 4 is 34.5 Å². The quantitative estimate of drug-likeness (QED) is 0.487. The van der Waals surface area contributed by atoms with Crippen LogP contribution in [0.4, 0.5) is 0 Å². The van der Waals surface area contributed by atoms with Gasteiger partial charge in [0.15, 0.2) is 0 Å². The van der Waals surface area contributed by atoms with E-state index in [1.54, 1.807) is 19.9 Å². The highest BCUT2D eigenvalue weighted by Crippen LogP contribution is 2.32. The summed E-state index contributed by atoms with van der Waals surface area (Å²) in [4.78, 5) is 49.6. The summed E-state index contributed by atoms with van der Waals surface area (Å²) in [5.74, 6) is -3.65. The van der Waals surface area contributed by atoms with E-state index in [2.05, 4.69) is 10.6 Å². The number of primary amides is 1. The van der Waals surface area contributed by atoms with Crippen molar-refractivity contribution in [1.82, 2.24) is 10.6 Å². The fourth-order valence-electron chi connectivity index (χ4n) is 4.65. The molecule has 2 aromatic rings. The average molecular weight is 454 g/mol. The summed E-state index contributed by atoms with van der Waals surface area (Å²) >= 11 is 0. The van der Waals surface area contributed by atoms with Gasteiger partial charge in [0.25, 0.3) is 5.91 Å². The number of nitrogens with two attached hydrogens (primary N) is 1. The standard InChI is InChI=1S/C25H31N3O5/c1-3-20(22(26)29)28-24(31)21-16(13-12-15-8-4-5-9-17(15)21)14(2)27-23(30)18-10-6-7-11-19(18)25(32)33/h4-5,8-9,12-14,18-20H,3,6-7,10-11H2,1-2H3,(H2,26,29)(H,27,30)(H,28,31)(H,32,33)/t14-,18+,19+,20-/m0/s1. The monoisotopic (exact) mass is 453 g/mol. The van der Waals surface area contributed by atoms with Crippen molar-refractivity contribution in [1.29, 1.82) is 0 Å². The second-order valence-electron chi connectivity index (χ2n) is 8.65. The Kier molecular flexibility index (Phi) is 7.68. The first-order chi connectivity index (χ1) is 15.7. The third-order valence-corrected chi connectivity index (χ3v) is 6.49. The number of carboxylic acid groups (broad SMARTS) is 1. The first kappa shape index (κ1) is 24.2. The second kappa shape index (κ2) is 10.5. The van der Waals surface area contributed by atoms with Crippen molar-refractivity contribution < 1.29 is 24.3 Å². The number of carboxylic acids is 1. The molecule has 176 valence electrons. The number of hydrogen-bond donors (Lipinski definition) is 4. The molecule has 0 bridgehead atoms. The smallest absolute Gasteiger partial charge is 0.307 e. The number of aliphatic carboxylic acids is 1. The molecule has 5 N–H and O–H groups in total. The van der Waals surface area contributed by atoms with Crippen LogP contribution in [0, 0.1) is 11.8 Å². The predicted molar refractivity (Wildman–Crippen MR) is 124 cm³/mol. The molecule has 33 heavy (non-hydrogen) atoms. The molecule has 0 radical (unpaired) electrons. The number of carbonyl (C=O) groups excluding carboxylic acids is 3. The van der Waals surface area contributed by atoms with Crippen molar-refractivity contribution in [3.8, 4) is 0 Å². The Morgan fingerprint density at radius 2 is 1.70 bits per heavy atom. The molecule has 0 spiro atoms. The topological polar surface area (TPSA) is 139 Å². The fourth-order valence-corrected chi connectivity index (χ4v) is 4.65. The number of nitrogens with one attached hydrogen (secondary N) is 2. The molecule has 3 amide bonds. The van der Waals surface area contributed by atoms with E-state index in [1.165, 1.54) is 0 Å². The lowest BCUT2D eigenvalue weighted by Gasteiger charge is -2.29. The molecule has 0 saturated heterocycles.